The van der Waals surface area contributed by atoms with E-state index in [-0.39, 0.29) is 0 Å². The molecule has 3 nitrogen and oxygen atoms in total. The monoisotopic (exact) mass is 210 g/mol. The molecule has 0 saturated heterocycles. The van der Waals surface area contributed by atoms with E-state index in [1.54, 1.807) is 0 Å². The zero-order valence-corrected chi connectivity index (χ0v) is 9.37. The van der Waals surface area contributed by atoms with Gasteiger partial charge in [0.25, 0.3) is 0 Å². The fraction of sp³-hybridized carbons (Fsp3) is 0.583. The summed E-state index contributed by atoms with van der Waals surface area (Å²) in [4.78, 5) is 11.1. The molecule has 0 amide bonds. The summed E-state index contributed by atoms with van der Waals surface area (Å²) < 4.78 is 0. The van der Waals surface area contributed by atoms with Crippen LogP contribution in [-0.2, 0) is 4.79 Å². The summed E-state index contributed by atoms with van der Waals surface area (Å²) in [6.45, 7) is 7.31. The van der Waals surface area contributed by atoms with Crippen LogP contribution in [0.2, 0.25) is 0 Å². The van der Waals surface area contributed by atoms with Gasteiger partial charge in [0.2, 0.25) is 0 Å². The number of carbonyl (C=O) groups excluding carboxylic acids is 1. The minimum absolute atomic E-state index is 0.563. The van der Waals surface area contributed by atoms with Gasteiger partial charge in [-0.15, -0.1) is 13.2 Å². The highest BCUT2D eigenvalue weighted by molar-refractivity contribution is 5.63. The molecule has 0 aliphatic heterocycles. The van der Waals surface area contributed by atoms with Gasteiger partial charge in [0.1, 0.15) is 6.29 Å². The Morgan fingerprint density at radius 1 is 1.13 bits per heavy atom. The van der Waals surface area contributed by atoms with Gasteiger partial charge in [-0.05, 0) is 38.5 Å². The SMILES string of the molecule is C=CCCCC(C=O)(CCCC=C)NN. The molecule has 0 aromatic carbocycles. The van der Waals surface area contributed by atoms with Crippen molar-refractivity contribution in [1.82, 2.24) is 5.43 Å². The molecule has 0 aliphatic rings. The largest absolute Gasteiger partial charge is 0.301 e. The third kappa shape index (κ3) is 5.50. The van der Waals surface area contributed by atoms with E-state index in [9.17, 15) is 4.79 Å². The lowest BCUT2D eigenvalue weighted by molar-refractivity contribution is -0.114. The Morgan fingerprint density at radius 3 is 1.87 bits per heavy atom. The standard InChI is InChI=1S/C12H22N2O/c1-3-5-7-9-12(11-15,14-13)10-8-6-4-2/h3-4,11,14H,1-2,5-10,13H2. The fourth-order valence-electron chi connectivity index (χ4n) is 1.54. The van der Waals surface area contributed by atoms with Gasteiger partial charge in [-0.3, -0.25) is 5.84 Å². The fourth-order valence-corrected chi connectivity index (χ4v) is 1.54. The van der Waals surface area contributed by atoms with Gasteiger partial charge in [-0.2, -0.15) is 0 Å². The average molecular weight is 210 g/mol. The summed E-state index contributed by atoms with van der Waals surface area (Å²) in [6.07, 6.45) is 9.86. The molecular formula is C12H22N2O. The summed E-state index contributed by atoms with van der Waals surface area (Å²) in [7, 11) is 0. The number of aldehydes is 1. The van der Waals surface area contributed by atoms with Gasteiger partial charge in [0, 0.05) is 0 Å². The van der Waals surface area contributed by atoms with Crippen molar-refractivity contribution in [2.45, 2.75) is 44.1 Å². The Kier molecular flexibility index (Phi) is 7.86. The van der Waals surface area contributed by atoms with Crippen LogP contribution in [0.25, 0.3) is 0 Å². The van der Waals surface area contributed by atoms with Gasteiger partial charge < -0.3 is 4.79 Å². The highest BCUT2D eigenvalue weighted by Crippen LogP contribution is 2.18. The molecule has 3 heteroatoms. The van der Waals surface area contributed by atoms with E-state index in [1.807, 2.05) is 12.2 Å². The zero-order chi connectivity index (χ0) is 11.6. The molecule has 0 rings (SSSR count). The van der Waals surface area contributed by atoms with E-state index < -0.39 is 5.54 Å². The number of nitrogens with one attached hydrogen (secondary N) is 1. The second kappa shape index (κ2) is 8.38. The Balaban J connectivity index is 4.09. The van der Waals surface area contributed by atoms with Crippen LogP contribution in [0.3, 0.4) is 0 Å². The summed E-state index contributed by atoms with van der Waals surface area (Å²) in [6, 6.07) is 0. The topological polar surface area (TPSA) is 55.1 Å². The molecule has 15 heavy (non-hydrogen) atoms. The van der Waals surface area contributed by atoms with Crippen LogP contribution in [0, 0.1) is 0 Å². The molecule has 0 saturated carbocycles. The molecule has 0 aliphatic carbocycles. The van der Waals surface area contributed by atoms with Gasteiger partial charge in [-0.1, -0.05) is 12.2 Å². The lowest BCUT2D eigenvalue weighted by Gasteiger charge is -2.26. The molecule has 0 fully saturated rings. The Bertz CT molecular complexity index is 188. The predicted octanol–water partition coefficient (Wildman–Crippen LogP) is 2.10. The number of carbonyl (C=O) groups is 1. The number of nitrogens with two attached hydrogens (primary N) is 1. The molecule has 0 bridgehead atoms. The summed E-state index contributed by atoms with van der Waals surface area (Å²) in [5.41, 5.74) is 2.08. The van der Waals surface area contributed by atoms with Crippen LogP contribution in [0.1, 0.15) is 38.5 Å². The highest BCUT2D eigenvalue weighted by atomic mass is 16.1. The van der Waals surface area contributed by atoms with Crippen LogP contribution in [-0.4, -0.2) is 11.8 Å². The lowest BCUT2D eigenvalue weighted by Crippen LogP contribution is -2.50. The van der Waals surface area contributed by atoms with Crippen molar-refractivity contribution in [3.8, 4) is 0 Å². The van der Waals surface area contributed by atoms with Gasteiger partial charge in [0.15, 0.2) is 0 Å². The average Bonchev–Trinajstić information content (AvgIpc) is 2.28. The van der Waals surface area contributed by atoms with Gasteiger partial charge in [0.05, 0.1) is 5.54 Å². The van der Waals surface area contributed by atoms with Crippen LogP contribution in [0.4, 0.5) is 0 Å². The van der Waals surface area contributed by atoms with Crippen molar-refractivity contribution in [2.24, 2.45) is 5.84 Å². The Labute approximate surface area is 92.4 Å². The van der Waals surface area contributed by atoms with E-state index in [4.69, 9.17) is 5.84 Å². The number of rotatable bonds is 10. The molecule has 0 spiro atoms. The first-order chi connectivity index (χ1) is 7.24. The molecule has 0 aromatic rings. The van der Waals surface area contributed by atoms with Gasteiger partial charge >= 0.3 is 0 Å². The maximum atomic E-state index is 11.1. The summed E-state index contributed by atoms with van der Waals surface area (Å²) in [5.74, 6) is 5.45. The first-order valence-corrected chi connectivity index (χ1v) is 5.40. The number of hydrogen-bond donors (Lipinski definition) is 2. The van der Waals surface area contributed by atoms with E-state index in [0.717, 1.165) is 44.8 Å². The molecule has 3 N–H and O–H groups in total. The zero-order valence-electron chi connectivity index (χ0n) is 9.37. The summed E-state index contributed by atoms with van der Waals surface area (Å²) in [5, 5.41) is 0. The molecular weight excluding hydrogens is 188 g/mol. The quantitative estimate of drug-likeness (QED) is 0.191. The molecule has 86 valence electrons. The smallest absolute Gasteiger partial charge is 0.141 e. The summed E-state index contributed by atoms with van der Waals surface area (Å²) >= 11 is 0. The maximum absolute atomic E-state index is 11.1. The van der Waals surface area contributed by atoms with Crippen LogP contribution < -0.4 is 11.3 Å². The first-order valence-electron chi connectivity index (χ1n) is 5.40. The number of unbranched alkanes of at least 4 members (excludes halogenated alkanes) is 2. The van der Waals surface area contributed by atoms with Crippen LogP contribution >= 0.6 is 0 Å². The third-order valence-corrected chi connectivity index (χ3v) is 2.58. The molecule has 0 radical (unpaired) electrons. The van der Waals surface area contributed by atoms with Crippen molar-refractivity contribution in [3.63, 3.8) is 0 Å². The van der Waals surface area contributed by atoms with Gasteiger partial charge in [-0.25, -0.2) is 5.43 Å². The molecule has 0 aromatic heterocycles. The Hall–Kier alpha value is -0.930. The molecule has 0 atom stereocenters. The van der Waals surface area contributed by atoms with E-state index in [1.165, 1.54) is 0 Å². The normalized spacial score (nSPS) is 11.0. The van der Waals surface area contributed by atoms with Crippen LogP contribution in [0.15, 0.2) is 25.3 Å². The van der Waals surface area contributed by atoms with E-state index in [0.29, 0.717) is 0 Å². The third-order valence-electron chi connectivity index (χ3n) is 2.58. The minimum Gasteiger partial charge on any atom is -0.301 e. The second-order valence-electron chi connectivity index (χ2n) is 3.78. The van der Waals surface area contributed by atoms with Crippen molar-refractivity contribution >= 4 is 6.29 Å². The van der Waals surface area contributed by atoms with Crippen molar-refractivity contribution < 1.29 is 4.79 Å². The number of allylic oxidation sites excluding steroid dienone is 2. The second-order valence-corrected chi connectivity index (χ2v) is 3.78. The minimum atomic E-state index is -0.563. The highest BCUT2D eigenvalue weighted by Gasteiger charge is 2.26. The Morgan fingerprint density at radius 2 is 1.60 bits per heavy atom. The van der Waals surface area contributed by atoms with Crippen molar-refractivity contribution in [1.29, 1.82) is 0 Å². The van der Waals surface area contributed by atoms with E-state index in [2.05, 4.69) is 18.6 Å². The van der Waals surface area contributed by atoms with E-state index >= 15 is 0 Å². The first kappa shape index (κ1) is 14.1. The molecule has 0 unspecified atom stereocenters. The van der Waals surface area contributed by atoms with Crippen molar-refractivity contribution in [2.75, 3.05) is 0 Å². The number of hydrazine groups is 1. The number of hydrogen-bond acceptors (Lipinski definition) is 3. The van der Waals surface area contributed by atoms with Crippen LogP contribution in [0.5, 0.6) is 0 Å². The maximum Gasteiger partial charge on any atom is 0.141 e. The molecule has 0 heterocycles. The van der Waals surface area contributed by atoms with Crippen molar-refractivity contribution in [3.05, 3.63) is 25.3 Å². The predicted molar refractivity (Wildman–Crippen MR) is 64.2 cm³/mol. The lowest BCUT2D eigenvalue weighted by atomic mass is 9.89.